The fourth-order valence-electron chi connectivity index (χ4n) is 2.68. The molecule has 2 aliphatic rings. The number of fused-ring (bicyclic) bond motifs is 1. The lowest BCUT2D eigenvalue weighted by Crippen LogP contribution is -2.54. The molecule has 20 heavy (non-hydrogen) atoms. The minimum absolute atomic E-state index is 0.0912. The highest BCUT2D eigenvalue weighted by Gasteiger charge is 2.34. The van der Waals surface area contributed by atoms with Gasteiger partial charge in [0.05, 0.1) is 16.8 Å². The molecule has 1 fully saturated rings. The van der Waals surface area contributed by atoms with Crippen molar-refractivity contribution in [3.05, 3.63) is 16.4 Å². The molecular weight excluding hydrogens is 280 g/mol. The lowest BCUT2D eigenvalue weighted by molar-refractivity contribution is -0.0195. The van der Waals surface area contributed by atoms with Crippen molar-refractivity contribution in [2.45, 2.75) is 25.6 Å². The van der Waals surface area contributed by atoms with E-state index >= 15 is 0 Å². The van der Waals surface area contributed by atoms with Crippen molar-refractivity contribution in [1.82, 2.24) is 19.6 Å². The zero-order chi connectivity index (χ0) is 14.3. The van der Waals surface area contributed by atoms with Crippen LogP contribution >= 0.6 is 11.6 Å². The van der Waals surface area contributed by atoms with Gasteiger partial charge in [-0.3, -0.25) is 9.48 Å². The summed E-state index contributed by atoms with van der Waals surface area (Å²) < 4.78 is 7.07. The van der Waals surface area contributed by atoms with E-state index in [1.54, 1.807) is 12.0 Å². The third-order valence-electron chi connectivity index (χ3n) is 3.99. The molecule has 3 heterocycles. The van der Waals surface area contributed by atoms with Gasteiger partial charge >= 0.3 is 0 Å². The second-order valence-corrected chi connectivity index (χ2v) is 5.87. The van der Waals surface area contributed by atoms with Crippen LogP contribution in [0.1, 0.15) is 22.6 Å². The first-order valence-corrected chi connectivity index (χ1v) is 7.23. The maximum absolute atomic E-state index is 12.4. The minimum Gasteiger partial charge on any atom is -0.378 e. The Morgan fingerprint density at radius 1 is 1.40 bits per heavy atom. The molecule has 6 nitrogen and oxygen atoms in total. The molecule has 0 radical (unpaired) electrons. The van der Waals surface area contributed by atoms with Crippen molar-refractivity contribution in [1.29, 1.82) is 0 Å². The van der Waals surface area contributed by atoms with Gasteiger partial charge in [-0.25, -0.2) is 0 Å². The van der Waals surface area contributed by atoms with E-state index in [4.69, 9.17) is 16.3 Å². The maximum atomic E-state index is 12.4. The zero-order valence-corrected chi connectivity index (χ0v) is 12.6. The number of methoxy groups -OCH3 is 1. The number of aryl methyl sites for hydroxylation is 1. The van der Waals surface area contributed by atoms with Crippen LogP contribution in [-0.4, -0.2) is 65.4 Å². The van der Waals surface area contributed by atoms with Gasteiger partial charge in [-0.1, -0.05) is 11.6 Å². The molecule has 0 atom stereocenters. The van der Waals surface area contributed by atoms with Crippen molar-refractivity contribution in [3.8, 4) is 0 Å². The highest BCUT2D eigenvalue weighted by Crippen LogP contribution is 2.26. The van der Waals surface area contributed by atoms with Gasteiger partial charge in [0.1, 0.15) is 0 Å². The summed E-state index contributed by atoms with van der Waals surface area (Å²) in [6.45, 7) is 3.80. The number of rotatable bonds is 2. The van der Waals surface area contributed by atoms with Gasteiger partial charge < -0.3 is 14.5 Å². The smallest absolute Gasteiger partial charge is 0.276 e. The first-order valence-electron chi connectivity index (χ1n) is 6.86. The fourth-order valence-corrected chi connectivity index (χ4v) is 2.95. The van der Waals surface area contributed by atoms with Gasteiger partial charge in [0.25, 0.3) is 5.91 Å². The topological polar surface area (TPSA) is 50.6 Å². The summed E-state index contributed by atoms with van der Waals surface area (Å²) in [5.74, 6) is -0.0912. The average Bonchev–Trinajstić information content (AvgIpc) is 2.56. The first-order chi connectivity index (χ1) is 9.60. The molecule has 1 aromatic rings. The number of nitrogens with zero attached hydrogens (tertiary/aromatic N) is 4. The second kappa shape index (κ2) is 5.35. The van der Waals surface area contributed by atoms with E-state index in [2.05, 4.69) is 17.0 Å². The van der Waals surface area contributed by atoms with Crippen molar-refractivity contribution in [2.75, 3.05) is 33.8 Å². The molecule has 0 saturated carbocycles. The number of hydrogen-bond acceptors (Lipinski definition) is 4. The summed E-state index contributed by atoms with van der Waals surface area (Å²) in [7, 11) is 3.72. The third kappa shape index (κ3) is 2.32. The van der Waals surface area contributed by atoms with Gasteiger partial charge in [-0.2, -0.15) is 5.10 Å². The lowest BCUT2D eigenvalue weighted by atomic mass is 10.1. The summed E-state index contributed by atoms with van der Waals surface area (Å²) >= 11 is 6.38. The predicted molar refractivity (Wildman–Crippen MR) is 74.9 cm³/mol. The van der Waals surface area contributed by atoms with Crippen LogP contribution in [0.25, 0.3) is 0 Å². The molecule has 1 saturated heterocycles. The number of ether oxygens (including phenoxy) is 1. The largest absolute Gasteiger partial charge is 0.378 e. The maximum Gasteiger partial charge on any atom is 0.276 e. The van der Waals surface area contributed by atoms with Crippen LogP contribution in [0.2, 0.25) is 5.02 Å². The van der Waals surface area contributed by atoms with Crippen LogP contribution in [0.4, 0.5) is 0 Å². The minimum atomic E-state index is -0.0912. The molecule has 1 amide bonds. The first kappa shape index (κ1) is 13.9. The molecule has 0 spiro atoms. The van der Waals surface area contributed by atoms with Crippen LogP contribution in [0, 0.1) is 0 Å². The van der Waals surface area contributed by atoms with Crippen molar-refractivity contribution in [3.63, 3.8) is 0 Å². The van der Waals surface area contributed by atoms with Crippen LogP contribution in [0.3, 0.4) is 0 Å². The lowest BCUT2D eigenvalue weighted by Gasteiger charge is -2.37. The number of aromatic nitrogens is 2. The Balaban J connectivity index is 1.81. The third-order valence-corrected chi connectivity index (χ3v) is 4.39. The fraction of sp³-hybridized carbons (Fsp3) is 0.692. The second-order valence-electron chi connectivity index (χ2n) is 5.49. The van der Waals surface area contributed by atoms with Crippen molar-refractivity contribution < 1.29 is 9.53 Å². The molecule has 0 aromatic carbocycles. The number of carbonyl (C=O) groups is 1. The summed E-state index contributed by atoms with van der Waals surface area (Å²) in [6, 6.07) is 0. The van der Waals surface area contributed by atoms with Gasteiger partial charge in [0, 0.05) is 39.8 Å². The number of carbonyl (C=O) groups excluding carboxylic acids is 1. The SMILES string of the molecule is COC1CN(C(=O)c2nn3c(c2Cl)CN(C)CCC3)C1. The van der Waals surface area contributed by atoms with Gasteiger partial charge in [0.2, 0.25) is 0 Å². The van der Waals surface area contributed by atoms with Crippen molar-refractivity contribution in [2.24, 2.45) is 0 Å². The van der Waals surface area contributed by atoms with E-state index in [0.717, 1.165) is 31.7 Å². The Hall–Kier alpha value is -1.11. The summed E-state index contributed by atoms with van der Waals surface area (Å²) in [4.78, 5) is 16.3. The monoisotopic (exact) mass is 298 g/mol. The number of likely N-dealkylation sites (tertiary alicyclic amines) is 1. The van der Waals surface area contributed by atoms with E-state index in [0.29, 0.717) is 23.8 Å². The Labute approximate surface area is 123 Å². The number of amides is 1. The van der Waals surface area contributed by atoms with Crippen LogP contribution < -0.4 is 0 Å². The molecule has 0 unspecified atom stereocenters. The molecule has 0 N–H and O–H groups in total. The molecule has 1 aromatic heterocycles. The van der Waals surface area contributed by atoms with E-state index in [-0.39, 0.29) is 12.0 Å². The van der Waals surface area contributed by atoms with E-state index in [1.165, 1.54) is 0 Å². The van der Waals surface area contributed by atoms with Crippen LogP contribution in [0.5, 0.6) is 0 Å². The van der Waals surface area contributed by atoms with Crippen LogP contribution in [-0.2, 0) is 17.8 Å². The molecular formula is C13H19ClN4O2. The molecule has 0 aliphatic carbocycles. The summed E-state index contributed by atoms with van der Waals surface area (Å²) in [5, 5.41) is 4.93. The Kier molecular flexibility index (Phi) is 3.70. The Morgan fingerprint density at radius 2 is 2.15 bits per heavy atom. The normalized spacial score (nSPS) is 20.4. The molecule has 2 aliphatic heterocycles. The quantitative estimate of drug-likeness (QED) is 0.812. The molecule has 0 bridgehead atoms. The summed E-state index contributed by atoms with van der Waals surface area (Å²) in [5.41, 5.74) is 1.32. The standard InChI is InChI=1S/C13H19ClN4O2/c1-16-4-3-5-18-10(8-16)11(14)12(15-18)13(19)17-6-9(7-17)20-2/h9H,3-8H2,1-2H3. The molecule has 3 rings (SSSR count). The van der Waals surface area contributed by atoms with Gasteiger partial charge in [0.15, 0.2) is 5.69 Å². The number of halogens is 1. The van der Waals surface area contributed by atoms with E-state index < -0.39 is 0 Å². The van der Waals surface area contributed by atoms with Crippen LogP contribution in [0.15, 0.2) is 0 Å². The van der Waals surface area contributed by atoms with Gasteiger partial charge in [-0.05, 0) is 13.5 Å². The highest BCUT2D eigenvalue weighted by molar-refractivity contribution is 6.34. The predicted octanol–water partition coefficient (Wildman–Crippen LogP) is 0.843. The average molecular weight is 299 g/mol. The summed E-state index contributed by atoms with van der Waals surface area (Å²) in [6.07, 6.45) is 1.16. The van der Waals surface area contributed by atoms with E-state index in [9.17, 15) is 4.79 Å². The zero-order valence-electron chi connectivity index (χ0n) is 11.8. The molecule has 7 heteroatoms. The Bertz CT molecular complexity index is 525. The van der Waals surface area contributed by atoms with Crippen molar-refractivity contribution >= 4 is 17.5 Å². The van der Waals surface area contributed by atoms with E-state index in [1.807, 2.05) is 4.68 Å². The Morgan fingerprint density at radius 3 is 2.85 bits per heavy atom. The number of hydrogen-bond donors (Lipinski definition) is 0. The molecule has 110 valence electrons. The highest BCUT2D eigenvalue weighted by atomic mass is 35.5. The van der Waals surface area contributed by atoms with Gasteiger partial charge in [-0.15, -0.1) is 0 Å².